The van der Waals surface area contributed by atoms with Crippen molar-refractivity contribution < 1.29 is 9.15 Å². The topological polar surface area (TPSA) is 48.4 Å². The Morgan fingerprint density at radius 3 is 2.71 bits per heavy atom. The summed E-state index contributed by atoms with van der Waals surface area (Å²) in [4.78, 5) is 0. The molecule has 0 aliphatic heterocycles. The summed E-state index contributed by atoms with van der Waals surface area (Å²) in [7, 11) is 0. The zero-order valence-electron chi connectivity index (χ0n) is 10.1. The highest BCUT2D eigenvalue weighted by molar-refractivity contribution is 5.33. The highest BCUT2D eigenvalue weighted by Crippen LogP contribution is 2.18. The van der Waals surface area contributed by atoms with Crippen LogP contribution >= 0.6 is 0 Å². The van der Waals surface area contributed by atoms with Crippen LogP contribution < -0.4 is 10.5 Å². The van der Waals surface area contributed by atoms with E-state index in [0.29, 0.717) is 6.61 Å². The van der Waals surface area contributed by atoms with Crippen LogP contribution in [0.5, 0.6) is 5.75 Å². The second kappa shape index (κ2) is 5.06. The van der Waals surface area contributed by atoms with Gasteiger partial charge in [-0.2, -0.15) is 0 Å². The number of benzene rings is 1. The molecular weight excluding hydrogens is 214 g/mol. The van der Waals surface area contributed by atoms with E-state index >= 15 is 0 Å². The van der Waals surface area contributed by atoms with Gasteiger partial charge in [-0.3, -0.25) is 0 Å². The SMILES string of the molecule is Cc1ccc(OCC(N)c2ccco2)cc1C. The predicted molar refractivity (Wildman–Crippen MR) is 67.0 cm³/mol. The highest BCUT2D eigenvalue weighted by Gasteiger charge is 2.09. The lowest BCUT2D eigenvalue weighted by molar-refractivity contribution is 0.272. The molecule has 90 valence electrons. The van der Waals surface area contributed by atoms with Gasteiger partial charge >= 0.3 is 0 Å². The first kappa shape index (κ1) is 11.7. The van der Waals surface area contributed by atoms with Crippen molar-refractivity contribution >= 4 is 0 Å². The van der Waals surface area contributed by atoms with Crippen molar-refractivity contribution in [3.8, 4) is 5.75 Å². The van der Waals surface area contributed by atoms with Crippen LogP contribution in [-0.4, -0.2) is 6.61 Å². The molecule has 0 saturated heterocycles. The Balaban J connectivity index is 1.96. The van der Waals surface area contributed by atoms with Crippen molar-refractivity contribution in [1.82, 2.24) is 0 Å². The van der Waals surface area contributed by atoms with Gasteiger partial charge in [-0.25, -0.2) is 0 Å². The number of hydrogen-bond donors (Lipinski definition) is 1. The zero-order valence-corrected chi connectivity index (χ0v) is 10.1. The largest absolute Gasteiger partial charge is 0.491 e. The number of aryl methyl sites for hydroxylation is 2. The Morgan fingerprint density at radius 2 is 2.06 bits per heavy atom. The first-order chi connectivity index (χ1) is 8.16. The molecule has 1 atom stereocenters. The fourth-order valence-electron chi connectivity index (χ4n) is 1.57. The van der Waals surface area contributed by atoms with E-state index in [4.69, 9.17) is 14.9 Å². The Labute approximate surface area is 101 Å². The molecule has 0 aliphatic carbocycles. The maximum Gasteiger partial charge on any atom is 0.123 e. The maximum absolute atomic E-state index is 5.94. The molecule has 1 aromatic heterocycles. The number of furan rings is 1. The quantitative estimate of drug-likeness (QED) is 0.880. The predicted octanol–water partition coefficient (Wildman–Crippen LogP) is 2.98. The van der Waals surface area contributed by atoms with Crippen molar-refractivity contribution in [3.63, 3.8) is 0 Å². The van der Waals surface area contributed by atoms with Crippen LogP contribution in [0, 0.1) is 13.8 Å². The summed E-state index contributed by atoms with van der Waals surface area (Å²) in [5.74, 6) is 1.59. The first-order valence-electron chi connectivity index (χ1n) is 5.66. The molecule has 3 heteroatoms. The standard InChI is InChI=1S/C14H17NO2/c1-10-5-6-12(8-11(10)2)17-9-13(15)14-4-3-7-16-14/h3-8,13H,9,15H2,1-2H3. The van der Waals surface area contributed by atoms with Gasteiger partial charge in [0.2, 0.25) is 0 Å². The van der Waals surface area contributed by atoms with Gasteiger partial charge in [0.25, 0.3) is 0 Å². The molecule has 0 fully saturated rings. The van der Waals surface area contributed by atoms with Gasteiger partial charge in [0.1, 0.15) is 18.1 Å². The highest BCUT2D eigenvalue weighted by atomic mass is 16.5. The van der Waals surface area contributed by atoms with Gasteiger partial charge in [-0.15, -0.1) is 0 Å². The summed E-state index contributed by atoms with van der Waals surface area (Å²) < 4.78 is 10.9. The number of hydrogen-bond acceptors (Lipinski definition) is 3. The molecule has 17 heavy (non-hydrogen) atoms. The Kier molecular flexibility index (Phi) is 3.49. The summed E-state index contributed by atoms with van der Waals surface area (Å²) in [5.41, 5.74) is 8.41. The van der Waals surface area contributed by atoms with Gasteiger partial charge in [0, 0.05) is 0 Å². The zero-order chi connectivity index (χ0) is 12.3. The average molecular weight is 231 g/mol. The minimum absolute atomic E-state index is 0.230. The number of nitrogens with two attached hydrogens (primary N) is 1. The molecule has 2 aromatic rings. The van der Waals surface area contributed by atoms with E-state index in [1.807, 2.05) is 30.3 Å². The third-order valence-corrected chi connectivity index (χ3v) is 2.82. The fraction of sp³-hybridized carbons (Fsp3) is 0.286. The summed E-state index contributed by atoms with van der Waals surface area (Å²) >= 11 is 0. The normalized spacial score (nSPS) is 12.4. The van der Waals surface area contributed by atoms with Crippen molar-refractivity contribution in [1.29, 1.82) is 0 Å². The van der Waals surface area contributed by atoms with Crippen LogP contribution in [0.25, 0.3) is 0 Å². The van der Waals surface area contributed by atoms with Crippen LogP contribution in [0.4, 0.5) is 0 Å². The van der Waals surface area contributed by atoms with E-state index < -0.39 is 0 Å². The van der Waals surface area contributed by atoms with Crippen LogP contribution in [0.3, 0.4) is 0 Å². The summed E-state index contributed by atoms with van der Waals surface area (Å²) in [6, 6.07) is 9.47. The molecule has 3 nitrogen and oxygen atoms in total. The first-order valence-corrected chi connectivity index (χ1v) is 5.66. The van der Waals surface area contributed by atoms with E-state index in [-0.39, 0.29) is 6.04 Å². The van der Waals surface area contributed by atoms with Gasteiger partial charge in [-0.1, -0.05) is 6.07 Å². The molecule has 0 spiro atoms. The Bertz CT molecular complexity index is 477. The molecule has 0 radical (unpaired) electrons. The third-order valence-electron chi connectivity index (χ3n) is 2.82. The maximum atomic E-state index is 5.94. The van der Waals surface area contributed by atoms with Crippen molar-refractivity contribution in [2.45, 2.75) is 19.9 Å². The van der Waals surface area contributed by atoms with E-state index in [2.05, 4.69) is 13.8 Å². The molecule has 1 unspecified atom stereocenters. The van der Waals surface area contributed by atoms with E-state index in [1.165, 1.54) is 11.1 Å². The summed E-state index contributed by atoms with van der Waals surface area (Å²) in [6.45, 7) is 4.55. The molecule has 2 N–H and O–H groups in total. The van der Waals surface area contributed by atoms with Crippen LogP contribution in [0.1, 0.15) is 22.9 Å². The molecule has 0 aliphatic rings. The molecule has 1 heterocycles. The average Bonchev–Trinajstić information content (AvgIpc) is 2.84. The van der Waals surface area contributed by atoms with Gasteiger partial charge in [0.05, 0.1) is 12.3 Å². The van der Waals surface area contributed by atoms with E-state index in [1.54, 1.807) is 6.26 Å². The minimum atomic E-state index is -0.230. The molecule has 1 aromatic carbocycles. The van der Waals surface area contributed by atoms with Crippen LogP contribution in [-0.2, 0) is 0 Å². The lowest BCUT2D eigenvalue weighted by atomic mass is 10.1. The molecule has 2 rings (SSSR count). The summed E-state index contributed by atoms with van der Waals surface area (Å²) in [5, 5.41) is 0. The van der Waals surface area contributed by atoms with Crippen molar-refractivity contribution in [2.24, 2.45) is 5.73 Å². The van der Waals surface area contributed by atoms with Gasteiger partial charge in [-0.05, 0) is 49.2 Å². The Morgan fingerprint density at radius 1 is 1.24 bits per heavy atom. The van der Waals surface area contributed by atoms with Crippen LogP contribution in [0.15, 0.2) is 41.0 Å². The lowest BCUT2D eigenvalue weighted by Gasteiger charge is -2.12. The number of rotatable bonds is 4. The molecular formula is C14H17NO2. The molecule has 0 amide bonds. The van der Waals surface area contributed by atoms with Gasteiger partial charge in [0.15, 0.2) is 0 Å². The monoisotopic (exact) mass is 231 g/mol. The number of ether oxygens (including phenoxy) is 1. The molecule has 0 bridgehead atoms. The minimum Gasteiger partial charge on any atom is -0.491 e. The fourth-order valence-corrected chi connectivity index (χ4v) is 1.57. The smallest absolute Gasteiger partial charge is 0.123 e. The second-order valence-corrected chi connectivity index (χ2v) is 4.18. The van der Waals surface area contributed by atoms with Gasteiger partial charge < -0.3 is 14.9 Å². The third kappa shape index (κ3) is 2.88. The van der Waals surface area contributed by atoms with E-state index in [0.717, 1.165) is 11.5 Å². The summed E-state index contributed by atoms with van der Waals surface area (Å²) in [6.07, 6.45) is 1.62. The van der Waals surface area contributed by atoms with E-state index in [9.17, 15) is 0 Å². The second-order valence-electron chi connectivity index (χ2n) is 4.18. The lowest BCUT2D eigenvalue weighted by Crippen LogP contribution is -2.18. The molecule has 0 saturated carbocycles. The van der Waals surface area contributed by atoms with Crippen LogP contribution in [0.2, 0.25) is 0 Å². The van der Waals surface area contributed by atoms with Crippen molar-refractivity contribution in [3.05, 3.63) is 53.5 Å². The Hall–Kier alpha value is -1.74. The van der Waals surface area contributed by atoms with Crippen molar-refractivity contribution in [2.75, 3.05) is 6.61 Å².